The van der Waals surface area contributed by atoms with Crippen LogP contribution in [-0.4, -0.2) is 39.1 Å². The highest BCUT2D eigenvalue weighted by molar-refractivity contribution is 6.37. The first-order valence-corrected chi connectivity index (χ1v) is 10.1. The molecule has 1 aliphatic rings. The van der Waals surface area contributed by atoms with E-state index in [0.717, 1.165) is 19.3 Å². The van der Waals surface area contributed by atoms with Crippen molar-refractivity contribution in [1.82, 2.24) is 15.0 Å². The molecule has 0 unspecified atom stereocenters. The molecule has 2 heterocycles. The van der Waals surface area contributed by atoms with Crippen molar-refractivity contribution in [2.24, 2.45) is 5.92 Å². The monoisotopic (exact) mass is 431 g/mol. The number of carbonyl (C=O) groups is 1. The first-order chi connectivity index (χ1) is 14.0. The van der Waals surface area contributed by atoms with Crippen LogP contribution in [-0.2, 0) is 6.42 Å². The molecule has 0 saturated carbocycles. The summed E-state index contributed by atoms with van der Waals surface area (Å²) in [4.78, 5) is 18.7. The summed E-state index contributed by atoms with van der Waals surface area (Å²) < 4.78 is 5.21. The van der Waals surface area contributed by atoms with E-state index in [4.69, 9.17) is 27.7 Å². The molecule has 0 atom stereocenters. The Labute approximate surface area is 178 Å². The molecule has 3 aromatic rings. The summed E-state index contributed by atoms with van der Waals surface area (Å²) in [6, 6.07) is 13.3. The molecule has 0 aliphatic carbocycles. The largest absolute Gasteiger partial charge is 0.505 e. The fourth-order valence-corrected chi connectivity index (χ4v) is 4.03. The number of amides is 1. The third-order valence-electron chi connectivity index (χ3n) is 5.15. The van der Waals surface area contributed by atoms with Gasteiger partial charge < -0.3 is 14.5 Å². The maximum atomic E-state index is 12.7. The first-order valence-electron chi connectivity index (χ1n) is 9.36. The standard InChI is InChI=1S/C21H19Cl2N3O3/c22-16-11-15(12-17(23)18(16)27)20-24-19(25-29-20)21(28)26-8-6-14(7-9-26)10-13-4-2-1-3-5-13/h1-5,11-12,14,27H,6-10H2. The van der Waals surface area contributed by atoms with Crippen LogP contribution in [0.3, 0.4) is 0 Å². The normalized spacial score (nSPS) is 14.9. The van der Waals surface area contributed by atoms with Crippen LogP contribution >= 0.6 is 23.2 Å². The number of piperidine rings is 1. The summed E-state index contributed by atoms with van der Waals surface area (Å²) in [5.41, 5.74) is 1.76. The van der Waals surface area contributed by atoms with Gasteiger partial charge in [-0.1, -0.05) is 58.7 Å². The Morgan fingerprint density at radius 3 is 2.45 bits per heavy atom. The number of carbonyl (C=O) groups excluding carboxylic acids is 1. The molecule has 0 bridgehead atoms. The highest BCUT2D eigenvalue weighted by atomic mass is 35.5. The second-order valence-electron chi connectivity index (χ2n) is 7.14. The zero-order valence-corrected chi connectivity index (χ0v) is 17.0. The SMILES string of the molecule is O=C(c1noc(-c2cc(Cl)c(O)c(Cl)c2)n1)N1CCC(Cc2ccccc2)CC1. The number of hydrogen-bond donors (Lipinski definition) is 1. The molecule has 2 aromatic carbocycles. The summed E-state index contributed by atoms with van der Waals surface area (Å²) in [7, 11) is 0. The molecule has 1 N–H and O–H groups in total. The van der Waals surface area contributed by atoms with Crippen LogP contribution in [0.2, 0.25) is 10.0 Å². The Kier molecular flexibility index (Phi) is 5.74. The molecule has 150 valence electrons. The molecular formula is C21H19Cl2N3O3. The second kappa shape index (κ2) is 8.43. The van der Waals surface area contributed by atoms with Crippen molar-refractivity contribution in [2.45, 2.75) is 19.3 Å². The Bertz CT molecular complexity index is 992. The number of nitrogens with zero attached hydrogens (tertiary/aromatic N) is 3. The summed E-state index contributed by atoms with van der Waals surface area (Å²) in [6.45, 7) is 1.33. The number of phenols is 1. The summed E-state index contributed by atoms with van der Waals surface area (Å²) in [6.07, 6.45) is 2.90. The molecular weight excluding hydrogens is 413 g/mol. The molecule has 4 rings (SSSR count). The predicted octanol–water partition coefficient (Wildman–Crippen LogP) is 4.84. The lowest BCUT2D eigenvalue weighted by molar-refractivity contribution is 0.0675. The number of benzene rings is 2. The zero-order chi connectivity index (χ0) is 20.4. The van der Waals surface area contributed by atoms with Crippen molar-refractivity contribution >= 4 is 29.1 Å². The Morgan fingerprint density at radius 1 is 1.14 bits per heavy atom. The molecule has 1 aliphatic heterocycles. The number of phenolic OH excluding ortho intramolecular Hbond substituents is 1. The maximum absolute atomic E-state index is 12.7. The van der Waals surface area contributed by atoms with E-state index in [9.17, 15) is 9.90 Å². The van der Waals surface area contributed by atoms with E-state index in [1.54, 1.807) is 4.90 Å². The number of aromatic hydroxyl groups is 1. The smallest absolute Gasteiger partial charge is 0.295 e. The van der Waals surface area contributed by atoms with Crippen LogP contribution in [0.25, 0.3) is 11.5 Å². The van der Waals surface area contributed by atoms with Gasteiger partial charge in [0.1, 0.15) is 0 Å². The van der Waals surface area contributed by atoms with Gasteiger partial charge in [-0.25, -0.2) is 0 Å². The lowest BCUT2D eigenvalue weighted by atomic mass is 9.90. The van der Waals surface area contributed by atoms with E-state index >= 15 is 0 Å². The number of halogens is 2. The lowest BCUT2D eigenvalue weighted by Crippen LogP contribution is -2.39. The first kappa shape index (κ1) is 19.7. The van der Waals surface area contributed by atoms with Gasteiger partial charge in [0.25, 0.3) is 17.6 Å². The number of aromatic nitrogens is 2. The summed E-state index contributed by atoms with van der Waals surface area (Å²) in [5.74, 6) is 0.210. The summed E-state index contributed by atoms with van der Waals surface area (Å²) in [5, 5.41) is 13.6. The number of hydrogen-bond acceptors (Lipinski definition) is 5. The molecule has 1 amide bonds. The predicted molar refractivity (Wildman–Crippen MR) is 110 cm³/mol. The fourth-order valence-electron chi connectivity index (χ4n) is 3.55. The Hall–Kier alpha value is -2.57. The van der Waals surface area contributed by atoms with Gasteiger partial charge in [-0.05, 0) is 42.9 Å². The van der Waals surface area contributed by atoms with Crippen molar-refractivity contribution in [3.05, 3.63) is 63.9 Å². The van der Waals surface area contributed by atoms with Crippen molar-refractivity contribution < 1.29 is 14.4 Å². The van der Waals surface area contributed by atoms with Gasteiger partial charge in [0.15, 0.2) is 5.75 Å². The van der Waals surface area contributed by atoms with Gasteiger partial charge in [0.05, 0.1) is 10.0 Å². The van der Waals surface area contributed by atoms with E-state index in [2.05, 4.69) is 34.4 Å². The maximum Gasteiger partial charge on any atom is 0.295 e. The molecule has 6 nitrogen and oxygen atoms in total. The fraction of sp³-hybridized carbons (Fsp3) is 0.286. The van der Waals surface area contributed by atoms with Gasteiger partial charge >= 0.3 is 0 Å². The van der Waals surface area contributed by atoms with Crippen molar-refractivity contribution in [3.8, 4) is 17.2 Å². The van der Waals surface area contributed by atoms with Crippen LogP contribution < -0.4 is 0 Å². The molecule has 8 heteroatoms. The van der Waals surface area contributed by atoms with Crippen molar-refractivity contribution in [1.29, 1.82) is 0 Å². The minimum atomic E-state index is -0.255. The van der Waals surface area contributed by atoms with Crippen molar-refractivity contribution in [2.75, 3.05) is 13.1 Å². The van der Waals surface area contributed by atoms with Gasteiger partial charge in [0.2, 0.25) is 0 Å². The molecule has 1 aromatic heterocycles. The quantitative estimate of drug-likeness (QED) is 0.638. The van der Waals surface area contributed by atoms with E-state index in [0.29, 0.717) is 24.6 Å². The number of likely N-dealkylation sites (tertiary alicyclic amines) is 1. The van der Waals surface area contributed by atoms with Gasteiger partial charge in [-0.3, -0.25) is 4.79 Å². The topological polar surface area (TPSA) is 79.5 Å². The van der Waals surface area contributed by atoms with Gasteiger partial charge in [-0.2, -0.15) is 4.98 Å². The molecule has 29 heavy (non-hydrogen) atoms. The van der Waals surface area contributed by atoms with Gasteiger partial charge in [0, 0.05) is 18.7 Å². The minimum absolute atomic E-state index is 0.00169. The van der Waals surface area contributed by atoms with Gasteiger partial charge in [-0.15, -0.1) is 0 Å². The van der Waals surface area contributed by atoms with E-state index < -0.39 is 0 Å². The highest BCUT2D eigenvalue weighted by Gasteiger charge is 2.27. The second-order valence-corrected chi connectivity index (χ2v) is 7.95. The third kappa shape index (κ3) is 4.38. The van der Waals surface area contributed by atoms with Crippen LogP contribution in [0, 0.1) is 5.92 Å². The zero-order valence-electron chi connectivity index (χ0n) is 15.5. The van der Waals surface area contributed by atoms with Crippen LogP contribution in [0.4, 0.5) is 0 Å². The minimum Gasteiger partial charge on any atom is -0.505 e. The van der Waals surface area contributed by atoms with Crippen LogP contribution in [0.1, 0.15) is 29.0 Å². The number of rotatable bonds is 4. The van der Waals surface area contributed by atoms with E-state index in [1.807, 2.05) is 6.07 Å². The third-order valence-corrected chi connectivity index (χ3v) is 5.73. The molecule has 0 radical (unpaired) electrons. The Balaban J connectivity index is 1.40. The van der Waals surface area contributed by atoms with E-state index in [-0.39, 0.29) is 33.4 Å². The summed E-state index contributed by atoms with van der Waals surface area (Å²) >= 11 is 11.9. The molecule has 0 spiro atoms. The van der Waals surface area contributed by atoms with Crippen molar-refractivity contribution in [3.63, 3.8) is 0 Å². The average Bonchev–Trinajstić information content (AvgIpc) is 3.23. The highest BCUT2D eigenvalue weighted by Crippen LogP contribution is 2.36. The Morgan fingerprint density at radius 2 is 1.79 bits per heavy atom. The lowest BCUT2D eigenvalue weighted by Gasteiger charge is -2.31. The average molecular weight is 432 g/mol. The molecule has 1 fully saturated rings. The van der Waals surface area contributed by atoms with E-state index in [1.165, 1.54) is 17.7 Å². The van der Waals surface area contributed by atoms with Crippen LogP contribution in [0.15, 0.2) is 47.0 Å². The molecule has 1 saturated heterocycles. The van der Waals surface area contributed by atoms with Crippen LogP contribution in [0.5, 0.6) is 5.75 Å².